The summed E-state index contributed by atoms with van der Waals surface area (Å²) in [5.41, 5.74) is -1.33. The van der Waals surface area contributed by atoms with Gasteiger partial charge in [0.2, 0.25) is 0 Å². The monoisotopic (exact) mass is 391 g/mol. The Morgan fingerprint density at radius 1 is 0.964 bits per heavy atom. The van der Waals surface area contributed by atoms with Crippen molar-refractivity contribution in [2.75, 3.05) is 14.1 Å². The van der Waals surface area contributed by atoms with Gasteiger partial charge >= 0.3 is 6.18 Å². The van der Waals surface area contributed by atoms with E-state index < -0.39 is 23.3 Å². The molecule has 0 unspecified atom stereocenters. The van der Waals surface area contributed by atoms with Crippen LogP contribution in [0.25, 0.3) is 10.8 Å². The second-order valence-electron chi connectivity index (χ2n) is 5.32. The molecule has 1 aromatic carbocycles. The van der Waals surface area contributed by atoms with Crippen molar-refractivity contribution >= 4 is 22.6 Å². The Kier molecular flexibility index (Phi) is 6.59. The molecule has 0 spiro atoms. The lowest BCUT2D eigenvalue weighted by Crippen LogP contribution is -2.23. The van der Waals surface area contributed by atoms with Gasteiger partial charge in [-0.1, -0.05) is 24.3 Å². The van der Waals surface area contributed by atoms with Crippen LogP contribution in [0, 0.1) is 0 Å². The van der Waals surface area contributed by atoms with Gasteiger partial charge < -0.3 is 10.6 Å². The van der Waals surface area contributed by atoms with Crippen LogP contribution in [0.4, 0.5) is 13.2 Å². The molecule has 7 nitrogen and oxygen atoms in total. The fraction of sp³-hybridized carbons (Fsp3) is 0.167. The number of nitrogens with one attached hydrogen (secondary N) is 2. The zero-order valence-electron chi connectivity index (χ0n) is 14.9. The summed E-state index contributed by atoms with van der Waals surface area (Å²) in [6, 6.07) is 9.59. The highest BCUT2D eigenvalue weighted by Crippen LogP contribution is 2.29. The Labute approximate surface area is 158 Å². The minimum Gasteiger partial charge on any atom is -0.355 e. The molecule has 0 fully saturated rings. The number of carbonyl (C=O) groups is 2. The third-order valence-corrected chi connectivity index (χ3v) is 3.57. The third kappa shape index (κ3) is 4.78. The van der Waals surface area contributed by atoms with Gasteiger partial charge in [0.25, 0.3) is 11.8 Å². The topological polar surface area (TPSA) is 96.9 Å². The molecule has 0 aliphatic carbocycles. The standard InChI is InChI=1S/C11H10N2O.C7H6F3N3O/c1-12-11(14)10-9-5-3-2-4-8(9)6-7-13-10;1-11-6(14)4-2-12-3-13-5(4)7(8,9)10/h2-7H,1H3,(H,12,14);2-3H,1H3,(H,11,14). The van der Waals surface area contributed by atoms with E-state index in [2.05, 4.69) is 25.6 Å². The van der Waals surface area contributed by atoms with Crippen molar-refractivity contribution in [1.82, 2.24) is 25.6 Å². The summed E-state index contributed by atoms with van der Waals surface area (Å²) >= 11 is 0. The fourth-order valence-corrected chi connectivity index (χ4v) is 2.28. The van der Waals surface area contributed by atoms with Crippen molar-refractivity contribution in [2.24, 2.45) is 0 Å². The van der Waals surface area contributed by atoms with E-state index in [0.29, 0.717) is 5.69 Å². The minimum atomic E-state index is -4.65. The number of benzene rings is 1. The predicted molar refractivity (Wildman–Crippen MR) is 95.6 cm³/mol. The first kappa shape index (κ1) is 20.7. The third-order valence-electron chi connectivity index (χ3n) is 3.57. The van der Waals surface area contributed by atoms with E-state index >= 15 is 0 Å². The molecule has 2 amide bonds. The van der Waals surface area contributed by atoms with Gasteiger partial charge in [-0.3, -0.25) is 14.6 Å². The highest BCUT2D eigenvalue weighted by Gasteiger charge is 2.37. The normalized spacial score (nSPS) is 10.6. The molecule has 28 heavy (non-hydrogen) atoms. The number of halogens is 3. The molecule has 2 aromatic heterocycles. The Morgan fingerprint density at radius 3 is 2.29 bits per heavy atom. The van der Waals surface area contributed by atoms with E-state index in [9.17, 15) is 22.8 Å². The number of carbonyl (C=O) groups excluding carboxylic acids is 2. The van der Waals surface area contributed by atoms with Gasteiger partial charge in [0.05, 0.1) is 5.56 Å². The maximum absolute atomic E-state index is 12.3. The highest BCUT2D eigenvalue weighted by atomic mass is 19.4. The number of pyridine rings is 1. The quantitative estimate of drug-likeness (QED) is 0.700. The number of fused-ring (bicyclic) bond motifs is 1. The van der Waals surface area contributed by atoms with Crippen molar-refractivity contribution < 1.29 is 22.8 Å². The van der Waals surface area contributed by atoms with Gasteiger partial charge in [0.15, 0.2) is 5.69 Å². The molecule has 10 heteroatoms. The number of alkyl halides is 3. The van der Waals surface area contributed by atoms with E-state index in [4.69, 9.17) is 0 Å². The van der Waals surface area contributed by atoms with Crippen LogP contribution in [0.1, 0.15) is 26.5 Å². The van der Waals surface area contributed by atoms with Crippen LogP contribution in [-0.2, 0) is 6.18 Å². The number of hydrogen-bond acceptors (Lipinski definition) is 5. The number of nitrogens with zero attached hydrogens (tertiary/aromatic N) is 3. The van der Waals surface area contributed by atoms with Crippen molar-refractivity contribution in [3.05, 3.63) is 66.0 Å². The molecule has 0 radical (unpaired) electrons. The summed E-state index contributed by atoms with van der Waals surface area (Å²) in [4.78, 5) is 32.9. The van der Waals surface area contributed by atoms with Crippen molar-refractivity contribution in [3.63, 3.8) is 0 Å². The SMILES string of the molecule is CNC(=O)c1cncnc1C(F)(F)F.CNC(=O)c1nccc2ccccc12. The maximum atomic E-state index is 12.3. The first-order chi connectivity index (χ1) is 13.3. The Balaban J connectivity index is 0.000000200. The molecule has 0 atom stereocenters. The summed E-state index contributed by atoms with van der Waals surface area (Å²) in [5.74, 6) is -1.01. The summed E-state index contributed by atoms with van der Waals surface area (Å²) in [6.07, 6.45) is -1.43. The fourth-order valence-electron chi connectivity index (χ4n) is 2.28. The summed E-state index contributed by atoms with van der Waals surface area (Å²) in [7, 11) is 2.83. The highest BCUT2D eigenvalue weighted by molar-refractivity contribution is 6.04. The van der Waals surface area contributed by atoms with Crippen LogP contribution in [0.5, 0.6) is 0 Å². The summed E-state index contributed by atoms with van der Waals surface area (Å²) < 4.78 is 36.8. The lowest BCUT2D eigenvalue weighted by molar-refractivity contribution is -0.141. The molecule has 0 aliphatic rings. The smallest absolute Gasteiger partial charge is 0.355 e. The molecule has 3 rings (SSSR count). The Hall–Kier alpha value is -3.56. The van der Waals surface area contributed by atoms with Crippen LogP contribution in [-0.4, -0.2) is 40.9 Å². The zero-order chi connectivity index (χ0) is 20.7. The predicted octanol–water partition coefficient (Wildman–Crippen LogP) is 2.45. The van der Waals surface area contributed by atoms with Crippen LogP contribution in [0.3, 0.4) is 0 Å². The molecule has 0 saturated heterocycles. The zero-order valence-corrected chi connectivity index (χ0v) is 14.9. The van der Waals surface area contributed by atoms with Gasteiger partial charge in [-0.2, -0.15) is 13.2 Å². The van der Waals surface area contributed by atoms with E-state index in [-0.39, 0.29) is 5.91 Å². The first-order valence-electron chi connectivity index (χ1n) is 7.94. The van der Waals surface area contributed by atoms with E-state index in [1.807, 2.05) is 30.3 Å². The lowest BCUT2D eigenvalue weighted by atomic mass is 10.1. The molecular weight excluding hydrogens is 375 g/mol. The summed E-state index contributed by atoms with van der Waals surface area (Å²) in [6.45, 7) is 0. The molecule has 2 N–H and O–H groups in total. The molecule has 2 heterocycles. The van der Waals surface area contributed by atoms with E-state index in [1.165, 1.54) is 7.05 Å². The number of rotatable bonds is 2. The van der Waals surface area contributed by atoms with Gasteiger partial charge in [-0.15, -0.1) is 0 Å². The average Bonchev–Trinajstić information content (AvgIpc) is 2.72. The molecular formula is C18H16F3N5O2. The molecule has 146 valence electrons. The summed E-state index contributed by atoms with van der Waals surface area (Å²) in [5, 5.41) is 6.56. The first-order valence-corrected chi connectivity index (χ1v) is 7.94. The van der Waals surface area contributed by atoms with E-state index in [1.54, 1.807) is 13.2 Å². The number of hydrogen-bond donors (Lipinski definition) is 2. The van der Waals surface area contributed by atoms with Gasteiger partial charge in [0.1, 0.15) is 12.0 Å². The lowest BCUT2D eigenvalue weighted by Gasteiger charge is -2.08. The van der Waals surface area contributed by atoms with Crippen LogP contribution in [0.2, 0.25) is 0 Å². The second-order valence-corrected chi connectivity index (χ2v) is 5.32. The van der Waals surface area contributed by atoms with Gasteiger partial charge in [-0.25, -0.2) is 9.97 Å². The van der Waals surface area contributed by atoms with Crippen LogP contribution < -0.4 is 10.6 Å². The maximum Gasteiger partial charge on any atom is 0.434 e. The van der Waals surface area contributed by atoms with Crippen LogP contribution >= 0.6 is 0 Å². The van der Waals surface area contributed by atoms with Crippen molar-refractivity contribution in [3.8, 4) is 0 Å². The van der Waals surface area contributed by atoms with Crippen LogP contribution in [0.15, 0.2) is 49.1 Å². The molecule has 0 saturated carbocycles. The molecule has 0 aliphatic heterocycles. The van der Waals surface area contributed by atoms with Gasteiger partial charge in [0, 0.05) is 31.9 Å². The Morgan fingerprint density at radius 2 is 1.64 bits per heavy atom. The van der Waals surface area contributed by atoms with Gasteiger partial charge in [-0.05, 0) is 11.5 Å². The average molecular weight is 391 g/mol. The number of aromatic nitrogens is 3. The van der Waals surface area contributed by atoms with Crippen molar-refractivity contribution in [1.29, 1.82) is 0 Å². The number of amides is 2. The van der Waals surface area contributed by atoms with E-state index in [0.717, 1.165) is 23.3 Å². The minimum absolute atomic E-state index is 0.151. The van der Waals surface area contributed by atoms with Crippen molar-refractivity contribution in [2.45, 2.75) is 6.18 Å². The Bertz CT molecular complexity index is 987. The largest absolute Gasteiger partial charge is 0.434 e. The molecule has 0 bridgehead atoms. The second kappa shape index (κ2) is 8.89. The molecule has 3 aromatic rings.